The van der Waals surface area contributed by atoms with Crippen molar-refractivity contribution in [3.63, 3.8) is 0 Å². The Morgan fingerprint density at radius 1 is 1.32 bits per heavy atom. The van der Waals surface area contributed by atoms with Crippen LogP contribution in [0.5, 0.6) is 0 Å². The van der Waals surface area contributed by atoms with Crippen molar-refractivity contribution in [1.29, 1.82) is 0 Å². The van der Waals surface area contributed by atoms with Crippen molar-refractivity contribution >= 4 is 11.8 Å². The molecule has 0 radical (unpaired) electrons. The van der Waals surface area contributed by atoms with E-state index in [1.165, 1.54) is 0 Å². The summed E-state index contributed by atoms with van der Waals surface area (Å²) in [6, 6.07) is 6.43. The Bertz CT molecular complexity index is 587. The minimum Gasteiger partial charge on any atom is -0.372 e. The predicted molar refractivity (Wildman–Crippen MR) is 98.9 cm³/mol. The van der Waals surface area contributed by atoms with Crippen LogP contribution in [0, 0.1) is 6.92 Å². The first-order valence-electron chi connectivity index (χ1n) is 9.44. The molecular weight excluding hydrogens is 316 g/mol. The zero-order chi connectivity index (χ0) is 17.8. The van der Waals surface area contributed by atoms with Gasteiger partial charge in [-0.2, -0.15) is 0 Å². The van der Waals surface area contributed by atoms with Crippen LogP contribution in [0.15, 0.2) is 18.2 Å². The summed E-state index contributed by atoms with van der Waals surface area (Å²) in [6.07, 6.45) is 3.12. The van der Waals surface area contributed by atoms with Crippen molar-refractivity contribution < 1.29 is 9.53 Å². The topological polar surface area (TPSA) is 57.7 Å². The first kappa shape index (κ1) is 18.0. The third-order valence-electron chi connectivity index (χ3n) is 5.09. The number of urea groups is 1. The summed E-state index contributed by atoms with van der Waals surface area (Å²) < 4.78 is 5.84. The van der Waals surface area contributed by atoms with Gasteiger partial charge in [0.2, 0.25) is 0 Å². The second-order valence-corrected chi connectivity index (χ2v) is 7.23. The zero-order valence-corrected chi connectivity index (χ0v) is 15.6. The van der Waals surface area contributed by atoms with Crippen LogP contribution in [0.25, 0.3) is 0 Å². The van der Waals surface area contributed by atoms with Gasteiger partial charge < -0.3 is 19.9 Å². The summed E-state index contributed by atoms with van der Waals surface area (Å²) in [5.74, 6) is 1.04. The molecule has 6 nitrogen and oxygen atoms in total. The smallest absolute Gasteiger partial charge is 0.317 e. The van der Waals surface area contributed by atoms with Gasteiger partial charge in [0.05, 0.1) is 12.2 Å². The number of carbonyl (C=O) groups excluding carboxylic acids is 1. The molecular formula is C19H30N4O2. The van der Waals surface area contributed by atoms with Crippen molar-refractivity contribution in [3.05, 3.63) is 23.9 Å². The van der Waals surface area contributed by atoms with Crippen LogP contribution in [0.3, 0.4) is 0 Å². The summed E-state index contributed by atoms with van der Waals surface area (Å²) in [7, 11) is 0. The largest absolute Gasteiger partial charge is 0.372 e. The second-order valence-electron chi connectivity index (χ2n) is 7.23. The number of nitrogens with one attached hydrogen (secondary N) is 1. The van der Waals surface area contributed by atoms with Gasteiger partial charge in [0.1, 0.15) is 5.82 Å². The third-order valence-corrected chi connectivity index (χ3v) is 5.09. The molecule has 0 bridgehead atoms. The number of piperidine rings is 1. The van der Waals surface area contributed by atoms with Crippen molar-refractivity contribution in [2.45, 2.75) is 58.3 Å². The quantitative estimate of drug-likeness (QED) is 0.914. The molecule has 138 valence electrons. The van der Waals surface area contributed by atoms with E-state index in [9.17, 15) is 4.79 Å². The minimum atomic E-state index is 0.0562. The molecule has 2 atom stereocenters. The standard InChI is InChI=1S/C19H30N4O2/c1-4-17-13-23(12-15(3)25-17)19(24)21-16-8-10-22(11-9-16)18-7-5-6-14(2)20-18/h5-7,15-17H,4,8-13H2,1-3H3,(H,21,24)/t15-,17+/m1/s1. The van der Waals surface area contributed by atoms with Crippen molar-refractivity contribution in [3.8, 4) is 0 Å². The van der Waals surface area contributed by atoms with E-state index in [0.717, 1.165) is 43.9 Å². The molecule has 0 saturated carbocycles. The summed E-state index contributed by atoms with van der Waals surface area (Å²) in [5, 5.41) is 3.22. The molecule has 6 heteroatoms. The fourth-order valence-corrected chi connectivity index (χ4v) is 3.66. The zero-order valence-electron chi connectivity index (χ0n) is 15.6. The van der Waals surface area contributed by atoms with Gasteiger partial charge in [0.25, 0.3) is 0 Å². The average Bonchev–Trinajstić information content (AvgIpc) is 2.61. The fourth-order valence-electron chi connectivity index (χ4n) is 3.66. The second kappa shape index (κ2) is 8.04. The number of amides is 2. The lowest BCUT2D eigenvalue weighted by Crippen LogP contribution is -2.55. The number of carbonyl (C=O) groups is 1. The molecule has 0 spiro atoms. The summed E-state index contributed by atoms with van der Waals surface area (Å²) in [5.41, 5.74) is 1.04. The van der Waals surface area contributed by atoms with Gasteiger partial charge in [-0.1, -0.05) is 13.0 Å². The molecule has 1 N–H and O–H groups in total. The molecule has 2 aliphatic rings. The molecule has 2 aliphatic heterocycles. The van der Waals surface area contributed by atoms with E-state index in [0.29, 0.717) is 13.1 Å². The maximum Gasteiger partial charge on any atom is 0.317 e. The summed E-state index contributed by atoms with van der Waals surface area (Å²) >= 11 is 0. The van der Waals surface area contributed by atoms with Gasteiger partial charge in [0, 0.05) is 37.9 Å². The Kier molecular flexibility index (Phi) is 5.78. The minimum absolute atomic E-state index is 0.0562. The maximum absolute atomic E-state index is 12.6. The highest BCUT2D eigenvalue weighted by molar-refractivity contribution is 5.74. The number of pyridine rings is 1. The average molecular weight is 346 g/mol. The number of hydrogen-bond acceptors (Lipinski definition) is 4. The lowest BCUT2D eigenvalue weighted by molar-refractivity contribution is -0.0648. The predicted octanol–water partition coefficient (Wildman–Crippen LogP) is 2.57. The lowest BCUT2D eigenvalue weighted by atomic mass is 10.1. The fraction of sp³-hybridized carbons (Fsp3) is 0.684. The van der Waals surface area contributed by atoms with Crippen LogP contribution < -0.4 is 10.2 Å². The van der Waals surface area contributed by atoms with Crippen LogP contribution in [0.1, 0.15) is 38.8 Å². The Balaban J connectivity index is 1.49. The van der Waals surface area contributed by atoms with Crippen LogP contribution in [-0.4, -0.2) is 60.3 Å². The van der Waals surface area contributed by atoms with E-state index >= 15 is 0 Å². The molecule has 0 unspecified atom stereocenters. The molecule has 2 amide bonds. The Morgan fingerprint density at radius 3 is 2.76 bits per heavy atom. The molecule has 0 aliphatic carbocycles. The Hall–Kier alpha value is -1.82. The Morgan fingerprint density at radius 2 is 2.08 bits per heavy atom. The normalized spacial score (nSPS) is 25.1. The number of hydrogen-bond donors (Lipinski definition) is 1. The van der Waals surface area contributed by atoms with Gasteiger partial charge in [0.15, 0.2) is 0 Å². The van der Waals surface area contributed by atoms with Gasteiger partial charge in [-0.25, -0.2) is 9.78 Å². The van der Waals surface area contributed by atoms with Crippen LogP contribution >= 0.6 is 0 Å². The number of aryl methyl sites for hydroxylation is 1. The molecule has 25 heavy (non-hydrogen) atoms. The van der Waals surface area contributed by atoms with Crippen molar-refractivity contribution in [2.24, 2.45) is 0 Å². The molecule has 2 saturated heterocycles. The van der Waals surface area contributed by atoms with Crippen LogP contribution in [0.2, 0.25) is 0 Å². The number of anilines is 1. The SMILES string of the molecule is CC[C@H]1CN(C(=O)NC2CCN(c3cccc(C)n3)CC2)C[C@@H](C)O1. The number of aromatic nitrogens is 1. The van der Waals surface area contributed by atoms with E-state index < -0.39 is 0 Å². The first-order valence-corrected chi connectivity index (χ1v) is 9.44. The first-order chi connectivity index (χ1) is 12.0. The van der Waals surface area contributed by atoms with Crippen LogP contribution in [0.4, 0.5) is 10.6 Å². The molecule has 2 fully saturated rings. The monoisotopic (exact) mass is 346 g/mol. The van der Waals surface area contributed by atoms with Gasteiger partial charge in [-0.3, -0.25) is 0 Å². The van der Waals surface area contributed by atoms with Crippen molar-refractivity contribution in [2.75, 3.05) is 31.1 Å². The third kappa shape index (κ3) is 4.63. The van der Waals surface area contributed by atoms with E-state index in [1.54, 1.807) is 0 Å². The summed E-state index contributed by atoms with van der Waals surface area (Å²) in [4.78, 5) is 21.4. The van der Waals surface area contributed by atoms with Gasteiger partial charge in [-0.05, 0) is 45.2 Å². The van der Waals surface area contributed by atoms with Gasteiger partial charge >= 0.3 is 6.03 Å². The lowest BCUT2D eigenvalue weighted by Gasteiger charge is -2.38. The highest BCUT2D eigenvalue weighted by atomic mass is 16.5. The van der Waals surface area contributed by atoms with E-state index in [-0.39, 0.29) is 24.3 Å². The molecule has 0 aromatic carbocycles. The Labute approximate surface area is 150 Å². The number of rotatable bonds is 3. The van der Waals surface area contributed by atoms with E-state index in [4.69, 9.17) is 4.74 Å². The van der Waals surface area contributed by atoms with Crippen molar-refractivity contribution in [1.82, 2.24) is 15.2 Å². The van der Waals surface area contributed by atoms with Crippen LogP contribution in [-0.2, 0) is 4.74 Å². The van der Waals surface area contributed by atoms with Gasteiger partial charge in [-0.15, -0.1) is 0 Å². The highest BCUT2D eigenvalue weighted by Crippen LogP contribution is 2.19. The summed E-state index contributed by atoms with van der Waals surface area (Å²) in [6.45, 7) is 9.39. The van der Waals surface area contributed by atoms with E-state index in [1.807, 2.05) is 24.8 Å². The number of morpholine rings is 1. The number of ether oxygens (including phenoxy) is 1. The highest BCUT2D eigenvalue weighted by Gasteiger charge is 2.29. The van der Waals surface area contributed by atoms with E-state index in [2.05, 4.69) is 34.3 Å². The molecule has 3 heterocycles. The number of nitrogens with zero attached hydrogens (tertiary/aromatic N) is 3. The molecule has 3 rings (SSSR count). The molecule has 1 aromatic heterocycles. The molecule has 1 aromatic rings. The maximum atomic E-state index is 12.6.